The van der Waals surface area contributed by atoms with Crippen LogP contribution in [0.5, 0.6) is 5.75 Å². The fourth-order valence-electron chi connectivity index (χ4n) is 3.95. The van der Waals surface area contributed by atoms with Crippen LogP contribution < -0.4 is 14.7 Å². The van der Waals surface area contributed by atoms with Crippen molar-refractivity contribution >= 4 is 17.4 Å². The number of ether oxygens (including phenoxy) is 1. The third kappa shape index (κ3) is 4.99. The lowest BCUT2D eigenvalue weighted by Gasteiger charge is -2.28. The zero-order valence-electron chi connectivity index (χ0n) is 19.0. The minimum absolute atomic E-state index is 0.00188. The second-order valence-corrected chi connectivity index (χ2v) is 7.83. The van der Waals surface area contributed by atoms with Gasteiger partial charge in [-0.25, -0.2) is 0 Å². The summed E-state index contributed by atoms with van der Waals surface area (Å²) in [5, 5.41) is 13.4. The van der Waals surface area contributed by atoms with Gasteiger partial charge in [-0.1, -0.05) is 24.8 Å². The van der Waals surface area contributed by atoms with E-state index in [4.69, 9.17) is 4.74 Å². The van der Waals surface area contributed by atoms with E-state index in [2.05, 4.69) is 18.8 Å². The number of ketones is 1. The van der Waals surface area contributed by atoms with Gasteiger partial charge in [0.05, 0.1) is 38.8 Å². The van der Waals surface area contributed by atoms with Crippen molar-refractivity contribution in [3.05, 3.63) is 65.5 Å². The van der Waals surface area contributed by atoms with E-state index in [0.29, 0.717) is 36.6 Å². The molecule has 1 aliphatic heterocycles. The predicted molar refractivity (Wildman–Crippen MR) is 120 cm³/mol. The number of carbonyl (C=O) groups excluding carboxylic acids is 2. The second-order valence-electron chi connectivity index (χ2n) is 7.83. The molecule has 1 atom stereocenters. The van der Waals surface area contributed by atoms with Crippen molar-refractivity contribution in [2.75, 3.05) is 32.8 Å². The molecule has 1 N–H and O–H groups in total. The topological polar surface area (TPSA) is 87.0 Å². The molecule has 1 fully saturated rings. The Kier molecular flexibility index (Phi) is 8.00. The zero-order chi connectivity index (χ0) is 23.1. The quantitative estimate of drug-likeness (QED) is 0.341. The van der Waals surface area contributed by atoms with Crippen LogP contribution in [-0.2, 0) is 9.59 Å². The second kappa shape index (κ2) is 10.9. The summed E-state index contributed by atoms with van der Waals surface area (Å²) in [6.45, 7) is 9.74. The van der Waals surface area contributed by atoms with Gasteiger partial charge in [-0.3, -0.25) is 14.6 Å². The molecule has 7 nitrogen and oxygen atoms in total. The van der Waals surface area contributed by atoms with Crippen LogP contribution in [0.1, 0.15) is 44.4 Å². The van der Waals surface area contributed by atoms with Gasteiger partial charge < -0.3 is 19.6 Å². The van der Waals surface area contributed by atoms with Gasteiger partial charge in [0, 0.05) is 18.0 Å². The molecular weight excluding hydrogens is 406 g/mol. The van der Waals surface area contributed by atoms with Crippen molar-refractivity contribution in [2.24, 2.45) is 0 Å². The van der Waals surface area contributed by atoms with Gasteiger partial charge >= 0.3 is 0 Å². The molecule has 1 aromatic carbocycles. The van der Waals surface area contributed by atoms with Crippen LogP contribution in [-0.4, -0.2) is 54.4 Å². The van der Waals surface area contributed by atoms with Crippen LogP contribution in [0.15, 0.2) is 54.4 Å². The van der Waals surface area contributed by atoms with E-state index in [1.54, 1.807) is 48.8 Å². The number of Topliss-reactive ketones (excluding diaryl/α,β-unsaturated/α-hetero) is 1. The maximum atomic E-state index is 13.4. The van der Waals surface area contributed by atoms with E-state index in [1.807, 2.05) is 6.92 Å². The van der Waals surface area contributed by atoms with Gasteiger partial charge in [0.15, 0.2) is 0 Å². The van der Waals surface area contributed by atoms with Crippen LogP contribution in [0.2, 0.25) is 0 Å². The molecule has 2 heterocycles. The minimum atomic E-state index is -0.724. The van der Waals surface area contributed by atoms with E-state index < -0.39 is 23.5 Å². The van der Waals surface area contributed by atoms with Crippen LogP contribution >= 0.6 is 0 Å². The van der Waals surface area contributed by atoms with E-state index in [-0.39, 0.29) is 5.57 Å². The van der Waals surface area contributed by atoms with Gasteiger partial charge in [-0.05, 0) is 55.7 Å². The average Bonchev–Trinajstić information content (AvgIpc) is 3.08. The Hall–Kier alpha value is -3.19. The normalized spacial score (nSPS) is 17.9. The summed E-state index contributed by atoms with van der Waals surface area (Å²) in [6, 6.07) is 9.51. The lowest BCUT2D eigenvalue weighted by Crippen LogP contribution is -3.12. The first-order chi connectivity index (χ1) is 15.5. The highest BCUT2D eigenvalue weighted by molar-refractivity contribution is 6.46. The van der Waals surface area contributed by atoms with E-state index in [0.717, 1.165) is 19.5 Å². The Morgan fingerprint density at radius 3 is 2.31 bits per heavy atom. The summed E-state index contributed by atoms with van der Waals surface area (Å²) in [5.41, 5.74) is 1.07. The Balaban J connectivity index is 2.00. The van der Waals surface area contributed by atoms with Crippen LogP contribution in [0.25, 0.3) is 5.76 Å². The van der Waals surface area contributed by atoms with Gasteiger partial charge in [0.2, 0.25) is 5.78 Å². The number of nitrogens with zero attached hydrogens (tertiary/aromatic N) is 2. The van der Waals surface area contributed by atoms with Crippen LogP contribution in [0.3, 0.4) is 0 Å². The minimum Gasteiger partial charge on any atom is -0.872 e. The number of carbonyl (C=O) groups is 2. The van der Waals surface area contributed by atoms with Gasteiger partial charge in [0.25, 0.3) is 5.91 Å². The number of pyridine rings is 1. The first-order valence-electron chi connectivity index (χ1n) is 11.2. The zero-order valence-corrected chi connectivity index (χ0v) is 19.0. The van der Waals surface area contributed by atoms with Crippen molar-refractivity contribution in [3.8, 4) is 5.75 Å². The lowest BCUT2D eigenvalue weighted by molar-refractivity contribution is -0.895. The van der Waals surface area contributed by atoms with Crippen molar-refractivity contribution in [1.82, 2.24) is 9.88 Å². The number of hydrogen-bond acceptors (Lipinski definition) is 5. The standard InChI is InChI=1S/C25H31N3O4/c1-4-17-32-20-9-7-19(8-10-20)23(29)21-22(18-11-13-26-14-12-18)28(25(31)24(21)30)16-15-27(5-2)6-3/h7-14,22,29H,4-6,15-17H2,1-3H3/b23-21+. The van der Waals surface area contributed by atoms with Crippen molar-refractivity contribution in [1.29, 1.82) is 0 Å². The Morgan fingerprint density at radius 2 is 1.72 bits per heavy atom. The first-order valence-corrected chi connectivity index (χ1v) is 11.2. The molecule has 1 saturated heterocycles. The Labute approximate surface area is 189 Å². The smallest absolute Gasteiger partial charge is 0.295 e. The summed E-state index contributed by atoms with van der Waals surface area (Å²) in [7, 11) is 0. The van der Waals surface area contributed by atoms with Gasteiger partial charge in [-0.2, -0.15) is 0 Å². The molecule has 0 aliphatic carbocycles. The molecule has 0 radical (unpaired) electrons. The van der Waals surface area contributed by atoms with Crippen LogP contribution in [0.4, 0.5) is 0 Å². The highest BCUT2D eigenvalue weighted by Gasteiger charge is 2.44. The van der Waals surface area contributed by atoms with E-state index in [1.165, 1.54) is 9.80 Å². The SMILES string of the molecule is CCCOc1ccc(/C([O-])=C2\C(=O)C(=O)N(CC[NH+](CC)CC)C2c2ccncc2)cc1. The lowest BCUT2D eigenvalue weighted by atomic mass is 9.96. The first kappa shape index (κ1) is 23.5. The number of hydrogen-bond donors (Lipinski definition) is 1. The Morgan fingerprint density at radius 1 is 1.06 bits per heavy atom. The van der Waals surface area contributed by atoms with E-state index in [9.17, 15) is 14.7 Å². The van der Waals surface area contributed by atoms with Crippen molar-refractivity contribution < 1.29 is 24.3 Å². The highest BCUT2D eigenvalue weighted by Crippen LogP contribution is 2.38. The third-order valence-electron chi connectivity index (χ3n) is 5.85. The van der Waals surface area contributed by atoms with E-state index >= 15 is 0 Å². The molecule has 170 valence electrons. The number of benzene rings is 1. The molecule has 0 bridgehead atoms. The predicted octanol–water partition coefficient (Wildman–Crippen LogP) is 1.02. The highest BCUT2D eigenvalue weighted by atomic mass is 16.5. The molecule has 1 amide bonds. The van der Waals surface area contributed by atoms with Gasteiger partial charge in [-0.15, -0.1) is 0 Å². The summed E-state index contributed by atoms with van der Waals surface area (Å²) < 4.78 is 5.58. The molecule has 3 rings (SSSR count). The molecule has 1 aromatic heterocycles. The fraction of sp³-hybridized carbons (Fsp3) is 0.400. The largest absolute Gasteiger partial charge is 0.872 e. The number of aromatic nitrogens is 1. The summed E-state index contributed by atoms with van der Waals surface area (Å²) in [4.78, 5) is 32.9. The summed E-state index contributed by atoms with van der Waals surface area (Å²) >= 11 is 0. The number of rotatable bonds is 10. The number of quaternary nitrogens is 1. The summed E-state index contributed by atoms with van der Waals surface area (Å²) in [6.07, 6.45) is 4.10. The molecule has 32 heavy (non-hydrogen) atoms. The Bertz CT molecular complexity index is 953. The third-order valence-corrected chi connectivity index (χ3v) is 5.85. The van der Waals surface area contributed by atoms with Crippen LogP contribution in [0, 0.1) is 0 Å². The van der Waals surface area contributed by atoms with Crippen molar-refractivity contribution in [2.45, 2.75) is 33.2 Å². The number of likely N-dealkylation sites (tertiary alicyclic amines) is 1. The molecule has 2 aromatic rings. The number of amides is 1. The monoisotopic (exact) mass is 437 g/mol. The molecular formula is C25H31N3O4. The number of likely N-dealkylation sites (N-methyl/N-ethyl adjacent to an activating group) is 1. The molecule has 1 aliphatic rings. The molecule has 0 spiro atoms. The molecule has 7 heteroatoms. The summed E-state index contributed by atoms with van der Waals surface area (Å²) in [5.74, 6) is -1.11. The average molecular weight is 438 g/mol. The molecule has 1 unspecified atom stereocenters. The maximum absolute atomic E-state index is 13.4. The van der Waals surface area contributed by atoms with Gasteiger partial charge in [0.1, 0.15) is 5.75 Å². The fourth-order valence-corrected chi connectivity index (χ4v) is 3.95. The maximum Gasteiger partial charge on any atom is 0.295 e. The van der Waals surface area contributed by atoms with Crippen molar-refractivity contribution in [3.63, 3.8) is 0 Å². The number of nitrogens with one attached hydrogen (secondary N) is 1. The molecule has 0 saturated carbocycles.